The summed E-state index contributed by atoms with van der Waals surface area (Å²) in [6.07, 6.45) is 8.77. The van der Waals surface area contributed by atoms with Crippen molar-refractivity contribution in [1.82, 2.24) is 14.7 Å². The molecule has 0 N–H and O–H groups in total. The average molecular weight is 362 g/mol. The number of rotatable bonds is 4. The van der Waals surface area contributed by atoms with Gasteiger partial charge in [-0.25, -0.2) is 0 Å². The van der Waals surface area contributed by atoms with Crippen molar-refractivity contribution in [3.63, 3.8) is 0 Å². The van der Waals surface area contributed by atoms with Gasteiger partial charge in [0.15, 0.2) is 0 Å². The van der Waals surface area contributed by atoms with Crippen LogP contribution in [0.3, 0.4) is 0 Å². The Labute approximate surface area is 160 Å². The van der Waals surface area contributed by atoms with Gasteiger partial charge in [-0.3, -0.25) is 9.69 Å². The maximum Gasteiger partial charge on any atom is 0.222 e. The van der Waals surface area contributed by atoms with E-state index >= 15 is 0 Å². The van der Waals surface area contributed by atoms with Gasteiger partial charge in [0.05, 0.1) is 0 Å². The molecule has 0 radical (unpaired) electrons. The summed E-state index contributed by atoms with van der Waals surface area (Å²) in [5.74, 6) is 2.17. The van der Waals surface area contributed by atoms with Crippen LogP contribution in [0.4, 0.5) is 0 Å². The summed E-state index contributed by atoms with van der Waals surface area (Å²) >= 11 is 0. The van der Waals surface area contributed by atoms with Gasteiger partial charge in [0, 0.05) is 44.7 Å². The molecule has 4 nitrogen and oxygen atoms in total. The molecule has 4 aliphatic rings. The number of carbonyl (C=O) groups excluding carboxylic acids is 1. The van der Waals surface area contributed by atoms with Crippen LogP contribution in [0.15, 0.2) is 0 Å². The molecular formula is C22H39N3O. The van der Waals surface area contributed by atoms with Gasteiger partial charge in [0.2, 0.25) is 5.91 Å². The molecule has 3 heterocycles. The number of likely N-dealkylation sites (tertiary alicyclic amines) is 3. The van der Waals surface area contributed by atoms with E-state index in [4.69, 9.17) is 0 Å². The molecule has 4 heteroatoms. The highest BCUT2D eigenvalue weighted by atomic mass is 16.2. The number of hydrogen-bond acceptors (Lipinski definition) is 3. The predicted molar refractivity (Wildman–Crippen MR) is 106 cm³/mol. The molecular weight excluding hydrogens is 322 g/mol. The highest BCUT2D eigenvalue weighted by molar-refractivity contribution is 5.75. The van der Waals surface area contributed by atoms with Crippen LogP contribution in [-0.4, -0.2) is 72.0 Å². The summed E-state index contributed by atoms with van der Waals surface area (Å²) < 4.78 is 0. The lowest BCUT2D eigenvalue weighted by molar-refractivity contribution is -0.142. The Morgan fingerprint density at radius 2 is 1.54 bits per heavy atom. The van der Waals surface area contributed by atoms with Crippen LogP contribution in [0.1, 0.15) is 65.7 Å². The molecule has 0 aromatic rings. The van der Waals surface area contributed by atoms with Crippen LogP contribution in [0.2, 0.25) is 0 Å². The molecule has 4 fully saturated rings. The van der Waals surface area contributed by atoms with E-state index in [9.17, 15) is 4.79 Å². The lowest BCUT2D eigenvalue weighted by atomic mass is 9.59. The minimum absolute atomic E-state index is 0.339. The summed E-state index contributed by atoms with van der Waals surface area (Å²) in [7, 11) is 0. The molecule has 0 unspecified atom stereocenters. The number of amides is 1. The topological polar surface area (TPSA) is 26.8 Å². The van der Waals surface area contributed by atoms with Gasteiger partial charge in [0.25, 0.3) is 0 Å². The van der Waals surface area contributed by atoms with Crippen LogP contribution in [0.25, 0.3) is 0 Å². The monoisotopic (exact) mass is 361 g/mol. The first kappa shape index (κ1) is 18.7. The Morgan fingerprint density at radius 3 is 2.08 bits per heavy atom. The van der Waals surface area contributed by atoms with E-state index in [2.05, 4.69) is 28.5 Å². The van der Waals surface area contributed by atoms with E-state index in [1.807, 2.05) is 6.92 Å². The van der Waals surface area contributed by atoms with E-state index < -0.39 is 0 Å². The Kier molecular flexibility index (Phi) is 5.35. The zero-order valence-electron chi connectivity index (χ0n) is 17.3. The van der Waals surface area contributed by atoms with Crippen molar-refractivity contribution >= 4 is 5.91 Å². The predicted octanol–water partition coefficient (Wildman–Crippen LogP) is 3.22. The molecule has 1 spiro atoms. The van der Waals surface area contributed by atoms with E-state index in [1.165, 1.54) is 64.7 Å². The van der Waals surface area contributed by atoms with Gasteiger partial charge in [-0.15, -0.1) is 0 Å². The van der Waals surface area contributed by atoms with Crippen LogP contribution >= 0.6 is 0 Å². The fourth-order valence-electron chi connectivity index (χ4n) is 6.19. The second kappa shape index (κ2) is 7.43. The van der Waals surface area contributed by atoms with E-state index in [0.29, 0.717) is 17.7 Å². The fourth-order valence-corrected chi connectivity index (χ4v) is 6.19. The van der Waals surface area contributed by atoms with Crippen molar-refractivity contribution in [2.75, 3.05) is 39.3 Å². The van der Waals surface area contributed by atoms with Crippen LogP contribution in [0, 0.1) is 17.3 Å². The van der Waals surface area contributed by atoms with E-state index in [0.717, 1.165) is 37.0 Å². The van der Waals surface area contributed by atoms with E-state index in [1.54, 1.807) is 0 Å². The third-order valence-corrected chi connectivity index (χ3v) is 8.08. The zero-order chi connectivity index (χ0) is 18.3. The lowest BCUT2D eigenvalue weighted by Crippen LogP contribution is -2.69. The van der Waals surface area contributed by atoms with Gasteiger partial charge >= 0.3 is 0 Å². The van der Waals surface area contributed by atoms with Crippen molar-refractivity contribution in [2.45, 2.75) is 77.8 Å². The molecule has 3 aliphatic heterocycles. The molecule has 3 saturated heterocycles. The third kappa shape index (κ3) is 3.56. The lowest BCUT2D eigenvalue weighted by Gasteiger charge is -2.63. The zero-order valence-corrected chi connectivity index (χ0v) is 17.3. The summed E-state index contributed by atoms with van der Waals surface area (Å²) in [6.45, 7) is 14.1. The van der Waals surface area contributed by atoms with Gasteiger partial charge in [-0.05, 0) is 68.9 Å². The number of carbonyl (C=O) groups is 1. The number of nitrogens with zero attached hydrogens (tertiary/aromatic N) is 3. The van der Waals surface area contributed by atoms with Crippen molar-refractivity contribution in [2.24, 2.45) is 17.3 Å². The molecule has 0 bridgehead atoms. The molecule has 0 aromatic carbocycles. The minimum atomic E-state index is 0.339. The first-order valence-corrected chi connectivity index (χ1v) is 11.3. The maximum atomic E-state index is 11.8. The Bertz CT molecular complexity index is 490. The molecule has 0 atom stereocenters. The first-order chi connectivity index (χ1) is 12.5. The molecule has 4 rings (SSSR count). The Balaban J connectivity index is 1.16. The number of hydrogen-bond donors (Lipinski definition) is 0. The minimum Gasteiger partial charge on any atom is -0.343 e. The quantitative estimate of drug-likeness (QED) is 0.769. The summed E-state index contributed by atoms with van der Waals surface area (Å²) in [4.78, 5) is 19.5. The molecule has 1 aliphatic carbocycles. The Hall–Kier alpha value is -0.610. The largest absolute Gasteiger partial charge is 0.343 e. The summed E-state index contributed by atoms with van der Waals surface area (Å²) in [6, 6.07) is 1.62. The van der Waals surface area contributed by atoms with Crippen LogP contribution < -0.4 is 0 Å². The van der Waals surface area contributed by atoms with Crippen LogP contribution in [-0.2, 0) is 4.79 Å². The SMILES string of the molecule is CCC(=O)N1CCC(N2CC3(CC(N4CCC(C(C)C)CC4)C3)C2)CC1. The van der Waals surface area contributed by atoms with Gasteiger partial charge in [-0.2, -0.15) is 0 Å². The third-order valence-electron chi connectivity index (χ3n) is 8.08. The van der Waals surface area contributed by atoms with Crippen molar-refractivity contribution < 1.29 is 4.79 Å². The maximum absolute atomic E-state index is 11.8. The molecule has 26 heavy (non-hydrogen) atoms. The van der Waals surface area contributed by atoms with Gasteiger partial charge < -0.3 is 9.80 Å². The molecule has 1 saturated carbocycles. The van der Waals surface area contributed by atoms with Gasteiger partial charge in [0.1, 0.15) is 0 Å². The van der Waals surface area contributed by atoms with E-state index in [-0.39, 0.29) is 0 Å². The van der Waals surface area contributed by atoms with Crippen molar-refractivity contribution in [3.05, 3.63) is 0 Å². The molecule has 148 valence electrons. The average Bonchev–Trinajstić information content (AvgIpc) is 2.59. The standard InChI is InChI=1S/C22H39N3O/c1-4-21(26)24-11-7-19(8-12-24)25-15-22(16-25)13-20(14-22)23-9-5-18(6-10-23)17(2)3/h17-20H,4-16H2,1-3H3. The molecule has 0 aromatic heterocycles. The highest BCUT2D eigenvalue weighted by Gasteiger charge is 2.55. The fraction of sp³-hybridized carbons (Fsp3) is 0.955. The van der Waals surface area contributed by atoms with Crippen molar-refractivity contribution in [3.8, 4) is 0 Å². The van der Waals surface area contributed by atoms with Crippen molar-refractivity contribution in [1.29, 1.82) is 0 Å². The van der Waals surface area contributed by atoms with Crippen LogP contribution in [0.5, 0.6) is 0 Å². The second-order valence-corrected chi connectivity index (χ2v) is 10.0. The highest BCUT2D eigenvalue weighted by Crippen LogP contribution is 2.52. The number of piperidine rings is 2. The second-order valence-electron chi connectivity index (χ2n) is 10.0. The first-order valence-electron chi connectivity index (χ1n) is 11.3. The van der Waals surface area contributed by atoms with Gasteiger partial charge in [-0.1, -0.05) is 20.8 Å². The Morgan fingerprint density at radius 1 is 0.923 bits per heavy atom. The summed E-state index contributed by atoms with van der Waals surface area (Å²) in [5.41, 5.74) is 0.663. The summed E-state index contributed by atoms with van der Waals surface area (Å²) in [5, 5.41) is 0. The normalized spacial score (nSPS) is 29.2. The molecule has 1 amide bonds. The smallest absolute Gasteiger partial charge is 0.222 e.